The molecule has 7 heteroatoms. The van der Waals surface area contributed by atoms with Crippen LogP contribution < -0.4 is 5.32 Å². The average molecular weight is 262 g/mol. The first kappa shape index (κ1) is 13.2. The smallest absolute Gasteiger partial charge is 0.270 e. The lowest BCUT2D eigenvalue weighted by atomic mass is 10.1. The zero-order valence-corrected chi connectivity index (χ0v) is 10.6. The van der Waals surface area contributed by atoms with Crippen LogP contribution in [-0.4, -0.2) is 32.1 Å². The van der Waals surface area contributed by atoms with Gasteiger partial charge in [0.15, 0.2) is 0 Å². The van der Waals surface area contributed by atoms with Crippen LogP contribution in [0.15, 0.2) is 24.5 Å². The van der Waals surface area contributed by atoms with Crippen LogP contribution in [0.25, 0.3) is 10.9 Å². The number of rotatable bonds is 4. The molecule has 0 atom stereocenters. The second-order valence-corrected chi connectivity index (χ2v) is 4.85. The average Bonchev–Trinajstić information content (AvgIpc) is 2.38. The van der Waals surface area contributed by atoms with Gasteiger partial charge in [-0.3, -0.25) is 10.1 Å². The van der Waals surface area contributed by atoms with Gasteiger partial charge in [-0.05, 0) is 19.9 Å². The number of nitro groups is 1. The molecule has 7 nitrogen and oxygen atoms in total. The Balaban J connectivity index is 2.54. The molecule has 0 amide bonds. The number of anilines is 1. The molecule has 0 unspecified atom stereocenters. The van der Waals surface area contributed by atoms with Crippen LogP contribution in [-0.2, 0) is 0 Å². The van der Waals surface area contributed by atoms with E-state index < -0.39 is 10.5 Å². The molecule has 1 aromatic carbocycles. The first-order valence-electron chi connectivity index (χ1n) is 5.71. The summed E-state index contributed by atoms with van der Waals surface area (Å²) in [6.07, 6.45) is 1.38. The minimum Gasteiger partial charge on any atom is -0.394 e. The summed E-state index contributed by atoms with van der Waals surface area (Å²) >= 11 is 0. The van der Waals surface area contributed by atoms with Crippen molar-refractivity contribution in [1.82, 2.24) is 9.97 Å². The molecular formula is C12H14N4O3. The maximum absolute atomic E-state index is 10.8. The molecule has 19 heavy (non-hydrogen) atoms. The van der Waals surface area contributed by atoms with Crippen molar-refractivity contribution < 1.29 is 10.0 Å². The van der Waals surface area contributed by atoms with Crippen molar-refractivity contribution in [1.29, 1.82) is 0 Å². The Kier molecular flexibility index (Phi) is 3.30. The number of nitrogens with one attached hydrogen (secondary N) is 1. The first-order chi connectivity index (χ1) is 8.93. The van der Waals surface area contributed by atoms with Gasteiger partial charge < -0.3 is 10.4 Å². The standard InChI is InChI=1S/C12H14N4O3/c1-12(2,6-17)15-11-9-5-8(16(18)19)3-4-10(9)13-7-14-11/h3-5,7,17H,6H2,1-2H3,(H,13,14,15). The van der Waals surface area contributed by atoms with Gasteiger partial charge in [-0.1, -0.05) is 0 Å². The van der Waals surface area contributed by atoms with Crippen LogP contribution in [0, 0.1) is 10.1 Å². The van der Waals surface area contributed by atoms with Gasteiger partial charge >= 0.3 is 0 Å². The van der Waals surface area contributed by atoms with Crippen LogP contribution in [0.2, 0.25) is 0 Å². The fourth-order valence-electron chi connectivity index (χ4n) is 1.62. The van der Waals surface area contributed by atoms with Gasteiger partial charge in [0.25, 0.3) is 5.69 Å². The number of fused-ring (bicyclic) bond motifs is 1. The Morgan fingerprint density at radius 2 is 2.16 bits per heavy atom. The van der Waals surface area contributed by atoms with E-state index >= 15 is 0 Å². The van der Waals surface area contributed by atoms with Crippen molar-refractivity contribution in [2.45, 2.75) is 19.4 Å². The minimum atomic E-state index is -0.577. The summed E-state index contributed by atoms with van der Waals surface area (Å²) in [5.41, 5.74) is 0.00956. The van der Waals surface area contributed by atoms with E-state index in [1.807, 2.05) is 0 Å². The zero-order valence-electron chi connectivity index (χ0n) is 10.6. The maximum Gasteiger partial charge on any atom is 0.270 e. The second-order valence-electron chi connectivity index (χ2n) is 4.85. The van der Waals surface area contributed by atoms with E-state index in [1.54, 1.807) is 19.9 Å². The predicted octanol–water partition coefficient (Wildman–Crippen LogP) is 1.72. The molecule has 0 fully saturated rings. The van der Waals surface area contributed by atoms with Crippen LogP contribution in [0.1, 0.15) is 13.8 Å². The van der Waals surface area contributed by atoms with Crippen molar-refractivity contribution >= 4 is 22.4 Å². The quantitative estimate of drug-likeness (QED) is 0.642. The van der Waals surface area contributed by atoms with Gasteiger partial charge in [0.2, 0.25) is 0 Å². The Morgan fingerprint density at radius 3 is 2.79 bits per heavy atom. The summed E-state index contributed by atoms with van der Waals surface area (Å²) in [5.74, 6) is 0.466. The molecule has 1 heterocycles. The molecular weight excluding hydrogens is 248 g/mol. The van der Waals surface area contributed by atoms with E-state index in [9.17, 15) is 15.2 Å². The molecule has 2 rings (SSSR count). The topological polar surface area (TPSA) is 101 Å². The maximum atomic E-state index is 10.8. The lowest BCUT2D eigenvalue weighted by molar-refractivity contribution is -0.384. The van der Waals surface area contributed by atoms with Crippen LogP contribution in [0.3, 0.4) is 0 Å². The molecule has 0 aliphatic rings. The minimum absolute atomic E-state index is 0.0212. The Morgan fingerprint density at radius 1 is 1.42 bits per heavy atom. The number of hydrogen-bond donors (Lipinski definition) is 2. The third kappa shape index (κ3) is 2.76. The lowest BCUT2D eigenvalue weighted by Gasteiger charge is -2.24. The molecule has 2 aromatic rings. The van der Waals surface area contributed by atoms with Gasteiger partial charge in [0.1, 0.15) is 12.1 Å². The molecule has 0 bridgehead atoms. The van der Waals surface area contributed by atoms with Crippen molar-refractivity contribution in [3.63, 3.8) is 0 Å². The number of nitro benzene ring substituents is 1. The van der Waals surface area contributed by atoms with E-state index in [0.717, 1.165) is 0 Å². The molecule has 2 N–H and O–H groups in total. The van der Waals surface area contributed by atoms with E-state index in [-0.39, 0.29) is 12.3 Å². The summed E-state index contributed by atoms with van der Waals surface area (Å²) in [5, 5.41) is 23.7. The number of benzene rings is 1. The third-order valence-electron chi connectivity index (χ3n) is 2.68. The predicted molar refractivity (Wildman–Crippen MR) is 71.0 cm³/mol. The molecule has 0 saturated carbocycles. The Labute approximate surface area is 109 Å². The van der Waals surface area contributed by atoms with Gasteiger partial charge in [-0.25, -0.2) is 9.97 Å². The highest BCUT2D eigenvalue weighted by Gasteiger charge is 2.19. The van der Waals surface area contributed by atoms with Gasteiger partial charge in [-0.15, -0.1) is 0 Å². The number of aliphatic hydroxyl groups excluding tert-OH is 1. The normalized spacial score (nSPS) is 11.5. The summed E-state index contributed by atoms with van der Waals surface area (Å²) < 4.78 is 0. The monoisotopic (exact) mass is 262 g/mol. The fourth-order valence-corrected chi connectivity index (χ4v) is 1.62. The fraction of sp³-hybridized carbons (Fsp3) is 0.333. The number of non-ortho nitro benzene ring substituents is 1. The molecule has 1 aromatic heterocycles. The number of aliphatic hydroxyl groups is 1. The molecule has 0 saturated heterocycles. The number of aromatic nitrogens is 2. The van der Waals surface area contributed by atoms with Crippen molar-refractivity contribution in [2.24, 2.45) is 0 Å². The Hall–Kier alpha value is -2.28. The van der Waals surface area contributed by atoms with Crippen molar-refractivity contribution in [3.05, 3.63) is 34.6 Å². The molecule has 0 aliphatic carbocycles. The SMILES string of the molecule is CC(C)(CO)Nc1ncnc2ccc([N+](=O)[O-])cc12. The highest BCUT2D eigenvalue weighted by atomic mass is 16.6. The summed E-state index contributed by atoms with van der Waals surface area (Å²) in [6.45, 7) is 3.52. The molecule has 0 spiro atoms. The summed E-state index contributed by atoms with van der Waals surface area (Å²) in [7, 11) is 0. The highest BCUT2D eigenvalue weighted by Crippen LogP contribution is 2.26. The third-order valence-corrected chi connectivity index (χ3v) is 2.68. The number of hydrogen-bond acceptors (Lipinski definition) is 6. The van der Waals surface area contributed by atoms with E-state index in [4.69, 9.17) is 0 Å². The molecule has 100 valence electrons. The lowest BCUT2D eigenvalue weighted by Crippen LogP contribution is -2.35. The number of nitrogens with zero attached hydrogens (tertiary/aromatic N) is 3. The highest BCUT2D eigenvalue weighted by molar-refractivity contribution is 5.90. The van der Waals surface area contributed by atoms with Gasteiger partial charge in [0, 0.05) is 17.5 Å². The first-order valence-corrected chi connectivity index (χ1v) is 5.71. The van der Waals surface area contributed by atoms with E-state index in [2.05, 4.69) is 15.3 Å². The van der Waals surface area contributed by atoms with Gasteiger partial charge in [-0.2, -0.15) is 0 Å². The van der Waals surface area contributed by atoms with Crippen molar-refractivity contribution in [3.8, 4) is 0 Å². The molecule has 0 aliphatic heterocycles. The van der Waals surface area contributed by atoms with Gasteiger partial charge in [0.05, 0.1) is 22.6 Å². The second kappa shape index (κ2) is 4.77. The zero-order chi connectivity index (χ0) is 14.0. The van der Waals surface area contributed by atoms with Crippen molar-refractivity contribution in [2.75, 3.05) is 11.9 Å². The van der Waals surface area contributed by atoms with E-state index in [0.29, 0.717) is 16.7 Å². The van der Waals surface area contributed by atoms with Crippen LogP contribution >= 0.6 is 0 Å². The van der Waals surface area contributed by atoms with Crippen LogP contribution in [0.4, 0.5) is 11.5 Å². The van der Waals surface area contributed by atoms with Crippen LogP contribution in [0.5, 0.6) is 0 Å². The molecule has 0 radical (unpaired) electrons. The summed E-state index contributed by atoms with van der Waals surface area (Å²) in [6, 6.07) is 4.40. The Bertz CT molecular complexity index is 627. The van der Waals surface area contributed by atoms with E-state index in [1.165, 1.54) is 18.5 Å². The largest absolute Gasteiger partial charge is 0.394 e. The summed E-state index contributed by atoms with van der Waals surface area (Å²) in [4.78, 5) is 18.5.